The Labute approximate surface area is 130 Å². The molecule has 2 heterocycles. The van der Waals surface area contributed by atoms with Crippen LogP contribution in [0, 0.1) is 5.82 Å². The molecule has 0 aliphatic heterocycles. The largest absolute Gasteiger partial charge is 0.229 e. The molecule has 1 aliphatic rings. The Bertz CT molecular complexity index is 796. The van der Waals surface area contributed by atoms with Gasteiger partial charge in [0.25, 0.3) is 0 Å². The van der Waals surface area contributed by atoms with E-state index in [0.29, 0.717) is 0 Å². The van der Waals surface area contributed by atoms with Crippen molar-refractivity contribution in [3.05, 3.63) is 52.4 Å². The van der Waals surface area contributed by atoms with E-state index in [4.69, 9.17) is 0 Å². The standard InChI is InChI=1S/C16H13FN2S2/c17-11-6-4-10(5-7-11)8-20-15-14-12-2-1-3-13(12)21-16(14)19-9-18-15/h4-7,9H,1-3,8H2. The lowest BCUT2D eigenvalue weighted by Crippen LogP contribution is -1.88. The van der Waals surface area contributed by atoms with E-state index in [1.807, 2.05) is 23.5 Å². The molecule has 0 saturated carbocycles. The maximum atomic E-state index is 12.9. The average Bonchev–Trinajstić information content (AvgIpc) is 3.07. The fraction of sp³-hybridized carbons (Fsp3) is 0.250. The van der Waals surface area contributed by atoms with Gasteiger partial charge in [-0.3, -0.25) is 0 Å². The second kappa shape index (κ2) is 5.39. The quantitative estimate of drug-likeness (QED) is 0.521. The predicted octanol–water partition coefficient (Wildman–Crippen LogP) is 4.61. The zero-order valence-corrected chi connectivity index (χ0v) is 12.9. The molecule has 4 rings (SSSR count). The van der Waals surface area contributed by atoms with Gasteiger partial charge in [-0.05, 0) is 42.5 Å². The van der Waals surface area contributed by atoms with Gasteiger partial charge in [-0.1, -0.05) is 12.1 Å². The lowest BCUT2D eigenvalue weighted by atomic mass is 10.2. The van der Waals surface area contributed by atoms with Crippen LogP contribution in [0.25, 0.3) is 10.2 Å². The van der Waals surface area contributed by atoms with Crippen molar-refractivity contribution in [3.63, 3.8) is 0 Å². The summed E-state index contributed by atoms with van der Waals surface area (Å²) in [6, 6.07) is 6.68. The maximum Gasteiger partial charge on any atom is 0.128 e. The third-order valence-electron chi connectivity index (χ3n) is 3.76. The van der Waals surface area contributed by atoms with Crippen LogP contribution >= 0.6 is 23.1 Å². The molecule has 0 radical (unpaired) electrons. The van der Waals surface area contributed by atoms with Crippen LogP contribution in [0.4, 0.5) is 4.39 Å². The van der Waals surface area contributed by atoms with E-state index in [1.165, 1.54) is 40.8 Å². The smallest absolute Gasteiger partial charge is 0.128 e. The average molecular weight is 316 g/mol. The van der Waals surface area contributed by atoms with Gasteiger partial charge in [0.2, 0.25) is 0 Å². The van der Waals surface area contributed by atoms with E-state index in [9.17, 15) is 4.39 Å². The Balaban J connectivity index is 1.65. The van der Waals surface area contributed by atoms with Gasteiger partial charge < -0.3 is 0 Å². The summed E-state index contributed by atoms with van der Waals surface area (Å²) in [5, 5.41) is 2.31. The topological polar surface area (TPSA) is 25.8 Å². The lowest BCUT2D eigenvalue weighted by molar-refractivity contribution is 0.627. The van der Waals surface area contributed by atoms with Gasteiger partial charge in [-0.15, -0.1) is 23.1 Å². The van der Waals surface area contributed by atoms with Gasteiger partial charge in [-0.25, -0.2) is 14.4 Å². The molecule has 5 heteroatoms. The van der Waals surface area contributed by atoms with Gasteiger partial charge in [0.15, 0.2) is 0 Å². The van der Waals surface area contributed by atoms with E-state index >= 15 is 0 Å². The molecular formula is C16H13FN2S2. The van der Waals surface area contributed by atoms with E-state index in [0.717, 1.165) is 27.6 Å². The molecule has 0 saturated heterocycles. The Hall–Kier alpha value is -1.46. The molecule has 106 valence electrons. The molecule has 0 fully saturated rings. The number of thioether (sulfide) groups is 1. The summed E-state index contributed by atoms with van der Waals surface area (Å²) in [5.74, 6) is 0.612. The molecule has 2 nitrogen and oxygen atoms in total. The van der Waals surface area contributed by atoms with Crippen LogP contribution in [0.5, 0.6) is 0 Å². The number of nitrogens with zero attached hydrogens (tertiary/aromatic N) is 2. The van der Waals surface area contributed by atoms with Gasteiger partial charge in [0, 0.05) is 16.0 Å². The molecule has 1 aliphatic carbocycles. The molecule has 0 unspecified atom stereocenters. The molecule has 1 aromatic carbocycles. The summed E-state index contributed by atoms with van der Waals surface area (Å²) in [4.78, 5) is 11.5. The van der Waals surface area contributed by atoms with Gasteiger partial charge >= 0.3 is 0 Å². The monoisotopic (exact) mass is 316 g/mol. The molecule has 0 bridgehead atoms. The lowest BCUT2D eigenvalue weighted by Gasteiger charge is -2.04. The highest BCUT2D eigenvalue weighted by Gasteiger charge is 2.21. The molecule has 0 amide bonds. The number of rotatable bonds is 3. The van der Waals surface area contributed by atoms with Crippen LogP contribution in [0.15, 0.2) is 35.6 Å². The zero-order valence-electron chi connectivity index (χ0n) is 11.3. The van der Waals surface area contributed by atoms with E-state index in [1.54, 1.807) is 18.1 Å². The third kappa shape index (κ3) is 2.45. The van der Waals surface area contributed by atoms with Crippen LogP contribution in [0.1, 0.15) is 22.4 Å². The SMILES string of the molecule is Fc1ccc(CSc2ncnc3sc4c(c23)CCC4)cc1. The minimum atomic E-state index is -0.191. The third-order valence-corrected chi connectivity index (χ3v) is 6.02. The number of thiophene rings is 1. The molecule has 21 heavy (non-hydrogen) atoms. The van der Waals surface area contributed by atoms with Gasteiger partial charge in [0.1, 0.15) is 22.0 Å². The van der Waals surface area contributed by atoms with Crippen molar-refractivity contribution >= 4 is 33.3 Å². The van der Waals surface area contributed by atoms with Crippen molar-refractivity contribution < 1.29 is 4.39 Å². The molecule has 0 atom stereocenters. The first kappa shape index (κ1) is 13.2. The fourth-order valence-corrected chi connectivity index (χ4v) is 5.02. The summed E-state index contributed by atoms with van der Waals surface area (Å²) in [6.45, 7) is 0. The highest BCUT2D eigenvalue weighted by atomic mass is 32.2. The Morgan fingerprint density at radius 2 is 2.00 bits per heavy atom. The number of hydrogen-bond acceptors (Lipinski definition) is 4. The first-order valence-corrected chi connectivity index (χ1v) is 8.74. The zero-order chi connectivity index (χ0) is 14.2. The predicted molar refractivity (Wildman–Crippen MR) is 85.4 cm³/mol. The van der Waals surface area contributed by atoms with Gasteiger partial charge in [-0.2, -0.15) is 0 Å². The minimum Gasteiger partial charge on any atom is -0.229 e. The summed E-state index contributed by atoms with van der Waals surface area (Å²) < 4.78 is 12.9. The maximum absolute atomic E-state index is 12.9. The number of hydrogen-bond donors (Lipinski definition) is 0. The first-order chi connectivity index (χ1) is 10.3. The Morgan fingerprint density at radius 1 is 1.14 bits per heavy atom. The van der Waals surface area contributed by atoms with Crippen LogP contribution in [0.2, 0.25) is 0 Å². The minimum absolute atomic E-state index is 0.191. The Kier molecular flexibility index (Phi) is 3.39. The highest BCUT2D eigenvalue weighted by molar-refractivity contribution is 7.98. The summed E-state index contributed by atoms with van der Waals surface area (Å²) >= 11 is 3.52. The second-order valence-corrected chi connectivity index (χ2v) is 7.18. The Morgan fingerprint density at radius 3 is 2.86 bits per heavy atom. The van der Waals surface area contributed by atoms with Crippen molar-refractivity contribution in [2.45, 2.75) is 30.0 Å². The molecule has 0 spiro atoms. The molecule has 0 N–H and O–H groups in total. The highest BCUT2D eigenvalue weighted by Crippen LogP contribution is 2.40. The second-order valence-electron chi connectivity index (χ2n) is 5.13. The molecule has 2 aromatic heterocycles. The summed E-state index contributed by atoms with van der Waals surface area (Å²) in [5.41, 5.74) is 2.57. The van der Waals surface area contributed by atoms with Crippen LogP contribution in [-0.4, -0.2) is 9.97 Å². The number of aromatic nitrogens is 2. The van der Waals surface area contributed by atoms with Gasteiger partial charge in [0.05, 0.1) is 0 Å². The summed E-state index contributed by atoms with van der Waals surface area (Å²) in [6.07, 6.45) is 5.22. The van der Waals surface area contributed by atoms with Crippen LogP contribution in [0.3, 0.4) is 0 Å². The van der Waals surface area contributed by atoms with Crippen molar-refractivity contribution in [1.29, 1.82) is 0 Å². The van der Waals surface area contributed by atoms with Crippen LogP contribution in [-0.2, 0) is 18.6 Å². The number of fused-ring (bicyclic) bond motifs is 3. The number of benzene rings is 1. The van der Waals surface area contributed by atoms with E-state index in [2.05, 4.69) is 9.97 Å². The first-order valence-electron chi connectivity index (χ1n) is 6.94. The number of aryl methyl sites for hydroxylation is 2. The summed E-state index contributed by atoms with van der Waals surface area (Å²) in [7, 11) is 0. The molecular weight excluding hydrogens is 303 g/mol. The molecule has 3 aromatic rings. The fourth-order valence-electron chi connectivity index (χ4n) is 2.74. The van der Waals surface area contributed by atoms with E-state index in [-0.39, 0.29) is 5.82 Å². The van der Waals surface area contributed by atoms with Crippen molar-refractivity contribution in [3.8, 4) is 0 Å². The van der Waals surface area contributed by atoms with Crippen LogP contribution < -0.4 is 0 Å². The van der Waals surface area contributed by atoms with Crippen molar-refractivity contribution in [1.82, 2.24) is 9.97 Å². The van der Waals surface area contributed by atoms with Crippen molar-refractivity contribution in [2.75, 3.05) is 0 Å². The van der Waals surface area contributed by atoms with E-state index < -0.39 is 0 Å². The number of halogens is 1. The normalized spacial score (nSPS) is 13.8. The van der Waals surface area contributed by atoms with Crippen molar-refractivity contribution in [2.24, 2.45) is 0 Å².